The summed E-state index contributed by atoms with van der Waals surface area (Å²) >= 11 is 11.2. The van der Waals surface area contributed by atoms with E-state index in [0.29, 0.717) is 10.6 Å². The molecule has 0 saturated carbocycles. The highest BCUT2D eigenvalue weighted by molar-refractivity contribution is 6.31. The smallest absolute Gasteiger partial charge is 0.117 e. The van der Waals surface area contributed by atoms with Crippen LogP contribution in [0.1, 0.15) is 11.7 Å². The Kier molecular flexibility index (Phi) is 3.20. The Morgan fingerprint density at radius 1 is 1.42 bits per heavy atom. The van der Waals surface area contributed by atoms with Crippen LogP contribution in [0.5, 0.6) is 5.75 Å². The van der Waals surface area contributed by atoms with Gasteiger partial charge in [-0.2, -0.15) is 0 Å². The number of aliphatic hydroxyl groups is 1. The second-order valence-corrected chi connectivity index (χ2v) is 3.09. The highest BCUT2D eigenvalue weighted by atomic mass is 35.5. The molecular weight excluding hydrogens is 199 g/mol. The van der Waals surface area contributed by atoms with Crippen LogP contribution in [0.15, 0.2) is 18.2 Å². The van der Waals surface area contributed by atoms with Crippen LogP contribution in [0, 0.1) is 0 Å². The lowest BCUT2D eigenvalue weighted by atomic mass is 10.1. The first-order valence-corrected chi connectivity index (χ1v) is 4.29. The second-order valence-electron chi connectivity index (χ2n) is 2.38. The number of aromatic hydroxyl groups is 1. The highest BCUT2D eigenvalue weighted by Gasteiger charge is 2.09. The lowest BCUT2D eigenvalue weighted by molar-refractivity contribution is 0.202. The molecule has 0 heterocycles. The van der Waals surface area contributed by atoms with Gasteiger partial charge in [0.05, 0.1) is 17.0 Å². The van der Waals surface area contributed by atoms with Crippen molar-refractivity contribution in [3.8, 4) is 5.75 Å². The van der Waals surface area contributed by atoms with Crippen molar-refractivity contribution in [2.75, 3.05) is 5.88 Å². The van der Waals surface area contributed by atoms with Gasteiger partial charge in [-0.1, -0.05) is 17.7 Å². The van der Waals surface area contributed by atoms with Crippen LogP contribution in [0.25, 0.3) is 0 Å². The average molecular weight is 207 g/mol. The Balaban J connectivity index is 3.01. The summed E-state index contributed by atoms with van der Waals surface area (Å²) in [5, 5.41) is 18.6. The molecule has 0 fully saturated rings. The van der Waals surface area contributed by atoms with Gasteiger partial charge in [0.15, 0.2) is 0 Å². The number of alkyl halides is 1. The molecule has 1 aromatic rings. The van der Waals surface area contributed by atoms with Gasteiger partial charge < -0.3 is 10.2 Å². The minimum absolute atomic E-state index is 0.0746. The first-order chi connectivity index (χ1) is 5.65. The number of aliphatic hydroxyl groups excluding tert-OH is 1. The maximum atomic E-state index is 9.30. The summed E-state index contributed by atoms with van der Waals surface area (Å²) in [5.41, 5.74) is 0.532. The van der Waals surface area contributed by atoms with Crippen molar-refractivity contribution < 1.29 is 10.2 Å². The average Bonchev–Trinajstić information content (AvgIpc) is 2.03. The van der Waals surface area contributed by atoms with Crippen molar-refractivity contribution in [1.82, 2.24) is 0 Å². The monoisotopic (exact) mass is 206 g/mol. The summed E-state index contributed by atoms with van der Waals surface area (Å²) in [4.78, 5) is 0. The van der Waals surface area contributed by atoms with Crippen molar-refractivity contribution >= 4 is 23.2 Å². The zero-order valence-corrected chi connectivity index (χ0v) is 7.68. The Hall–Kier alpha value is -0.440. The topological polar surface area (TPSA) is 40.5 Å². The second kappa shape index (κ2) is 3.99. The van der Waals surface area contributed by atoms with E-state index in [2.05, 4.69) is 0 Å². The van der Waals surface area contributed by atoms with Crippen LogP contribution in [0.3, 0.4) is 0 Å². The van der Waals surface area contributed by atoms with Gasteiger partial charge in [0.25, 0.3) is 0 Å². The molecule has 2 nitrogen and oxygen atoms in total. The van der Waals surface area contributed by atoms with Gasteiger partial charge in [-0.05, 0) is 12.1 Å². The van der Waals surface area contributed by atoms with Crippen molar-refractivity contribution in [1.29, 1.82) is 0 Å². The zero-order chi connectivity index (χ0) is 9.14. The standard InChI is InChI=1S/C8H8Cl2O2/c9-4-8(12)6-2-1-5(11)3-7(6)10/h1-3,8,11-12H,4H2. The number of benzene rings is 1. The molecule has 0 spiro atoms. The predicted octanol–water partition coefficient (Wildman–Crippen LogP) is 2.32. The van der Waals surface area contributed by atoms with E-state index in [0.717, 1.165) is 0 Å². The lowest BCUT2D eigenvalue weighted by Crippen LogP contribution is -1.98. The lowest BCUT2D eigenvalue weighted by Gasteiger charge is -2.08. The van der Waals surface area contributed by atoms with E-state index in [9.17, 15) is 5.11 Å². The van der Waals surface area contributed by atoms with E-state index in [1.54, 1.807) is 6.07 Å². The molecule has 4 heteroatoms. The summed E-state index contributed by atoms with van der Waals surface area (Å²) in [7, 11) is 0. The zero-order valence-electron chi connectivity index (χ0n) is 6.17. The number of rotatable bonds is 2. The fourth-order valence-electron chi connectivity index (χ4n) is 0.869. The van der Waals surface area contributed by atoms with Crippen LogP contribution in [0.2, 0.25) is 5.02 Å². The molecule has 0 saturated heterocycles. The summed E-state index contributed by atoms with van der Waals surface area (Å²) < 4.78 is 0. The summed E-state index contributed by atoms with van der Waals surface area (Å²) in [6.07, 6.45) is -0.778. The van der Waals surface area contributed by atoms with Crippen molar-refractivity contribution in [3.05, 3.63) is 28.8 Å². The van der Waals surface area contributed by atoms with E-state index in [4.69, 9.17) is 28.3 Å². The van der Waals surface area contributed by atoms with E-state index in [-0.39, 0.29) is 11.6 Å². The molecular formula is C8H8Cl2O2. The molecule has 0 radical (unpaired) electrons. The number of hydrogen-bond acceptors (Lipinski definition) is 2. The molecule has 0 bridgehead atoms. The first kappa shape index (κ1) is 9.65. The minimum atomic E-state index is -0.778. The van der Waals surface area contributed by atoms with Crippen LogP contribution in [-0.2, 0) is 0 Å². The quantitative estimate of drug-likeness (QED) is 0.730. The highest BCUT2D eigenvalue weighted by Crippen LogP contribution is 2.27. The van der Waals surface area contributed by atoms with Crippen LogP contribution < -0.4 is 0 Å². The largest absolute Gasteiger partial charge is 0.508 e. The maximum absolute atomic E-state index is 9.30. The maximum Gasteiger partial charge on any atom is 0.117 e. The Bertz CT molecular complexity index is 276. The molecule has 1 rings (SSSR count). The van der Waals surface area contributed by atoms with Crippen molar-refractivity contribution in [2.45, 2.75) is 6.10 Å². The fraction of sp³-hybridized carbons (Fsp3) is 0.250. The molecule has 0 amide bonds. The number of halogens is 2. The number of hydrogen-bond donors (Lipinski definition) is 2. The molecule has 2 N–H and O–H groups in total. The molecule has 0 aliphatic rings. The third kappa shape index (κ3) is 2.03. The van der Waals surface area contributed by atoms with Gasteiger partial charge in [-0.3, -0.25) is 0 Å². The molecule has 0 aliphatic carbocycles. The van der Waals surface area contributed by atoms with Gasteiger partial charge in [0, 0.05) is 5.56 Å². The number of phenolic OH excluding ortho intramolecular Hbond substituents is 1. The first-order valence-electron chi connectivity index (χ1n) is 3.37. The van der Waals surface area contributed by atoms with Gasteiger partial charge in [-0.25, -0.2) is 0 Å². The van der Waals surface area contributed by atoms with Gasteiger partial charge in [-0.15, -0.1) is 11.6 Å². The third-order valence-electron chi connectivity index (χ3n) is 1.49. The fourth-order valence-corrected chi connectivity index (χ4v) is 1.34. The third-order valence-corrected chi connectivity index (χ3v) is 2.11. The van der Waals surface area contributed by atoms with Crippen LogP contribution in [-0.4, -0.2) is 16.1 Å². The van der Waals surface area contributed by atoms with E-state index >= 15 is 0 Å². The summed E-state index contributed by atoms with van der Waals surface area (Å²) in [6.45, 7) is 0. The molecule has 66 valence electrons. The van der Waals surface area contributed by atoms with Crippen molar-refractivity contribution in [3.63, 3.8) is 0 Å². The van der Waals surface area contributed by atoms with Crippen LogP contribution in [0.4, 0.5) is 0 Å². The molecule has 1 atom stereocenters. The molecule has 12 heavy (non-hydrogen) atoms. The summed E-state index contributed by atoms with van der Waals surface area (Å²) in [6, 6.07) is 4.37. The molecule has 0 aromatic heterocycles. The van der Waals surface area contributed by atoms with Gasteiger partial charge in [0.2, 0.25) is 0 Å². The Morgan fingerprint density at radius 2 is 2.08 bits per heavy atom. The van der Waals surface area contributed by atoms with E-state index < -0.39 is 6.10 Å². The Labute approximate surface area is 80.4 Å². The minimum Gasteiger partial charge on any atom is -0.508 e. The van der Waals surface area contributed by atoms with Gasteiger partial charge in [0.1, 0.15) is 5.75 Å². The van der Waals surface area contributed by atoms with E-state index in [1.807, 2.05) is 0 Å². The van der Waals surface area contributed by atoms with Crippen molar-refractivity contribution in [2.24, 2.45) is 0 Å². The normalized spacial score (nSPS) is 12.9. The SMILES string of the molecule is Oc1ccc(C(O)CCl)c(Cl)c1. The van der Waals surface area contributed by atoms with Crippen LogP contribution >= 0.6 is 23.2 Å². The Morgan fingerprint density at radius 3 is 2.58 bits per heavy atom. The molecule has 1 unspecified atom stereocenters. The predicted molar refractivity (Wildman–Crippen MR) is 48.8 cm³/mol. The van der Waals surface area contributed by atoms with E-state index in [1.165, 1.54) is 12.1 Å². The summed E-state index contributed by atoms with van der Waals surface area (Å²) in [5.74, 6) is 0.162. The molecule has 0 aliphatic heterocycles. The number of phenols is 1. The molecule has 1 aromatic carbocycles. The van der Waals surface area contributed by atoms with Gasteiger partial charge >= 0.3 is 0 Å².